The van der Waals surface area contributed by atoms with Gasteiger partial charge >= 0.3 is 0 Å². The molecule has 0 aliphatic heterocycles. The zero-order valence-corrected chi connectivity index (χ0v) is 11.4. The van der Waals surface area contributed by atoms with Crippen molar-refractivity contribution in [1.82, 2.24) is 4.90 Å². The van der Waals surface area contributed by atoms with Crippen molar-refractivity contribution >= 4 is 17.7 Å². The van der Waals surface area contributed by atoms with Crippen molar-refractivity contribution in [2.24, 2.45) is 0 Å². The maximum atomic E-state index is 12.3. The van der Waals surface area contributed by atoms with Crippen LogP contribution in [0.1, 0.15) is 30.1 Å². The largest absolute Gasteiger partial charge is 0.395 e. The average molecular weight is 265 g/mol. The third-order valence-electron chi connectivity index (χ3n) is 3.00. The van der Waals surface area contributed by atoms with Gasteiger partial charge in [-0.25, -0.2) is 0 Å². The highest BCUT2D eigenvalue weighted by Crippen LogP contribution is 2.28. The third-order valence-corrected chi connectivity index (χ3v) is 3.90. The Morgan fingerprint density at radius 1 is 1.39 bits per heavy atom. The molecule has 98 valence electrons. The Morgan fingerprint density at radius 3 is 2.56 bits per heavy atom. The monoisotopic (exact) mass is 265 g/mol. The van der Waals surface area contributed by atoms with Gasteiger partial charge in [0.05, 0.1) is 6.61 Å². The van der Waals surface area contributed by atoms with E-state index in [-0.39, 0.29) is 12.5 Å². The van der Waals surface area contributed by atoms with Crippen LogP contribution in [0.15, 0.2) is 29.2 Å². The van der Waals surface area contributed by atoms with E-state index < -0.39 is 0 Å². The second kappa shape index (κ2) is 6.25. The minimum Gasteiger partial charge on any atom is -0.395 e. The van der Waals surface area contributed by atoms with Crippen LogP contribution in [0.2, 0.25) is 0 Å². The molecule has 18 heavy (non-hydrogen) atoms. The molecule has 4 heteroatoms. The van der Waals surface area contributed by atoms with Crippen LogP contribution in [-0.2, 0) is 0 Å². The first-order valence-corrected chi connectivity index (χ1v) is 7.39. The highest BCUT2D eigenvalue weighted by atomic mass is 32.2. The predicted molar refractivity (Wildman–Crippen MR) is 74.0 cm³/mol. The van der Waals surface area contributed by atoms with Crippen LogP contribution in [0.5, 0.6) is 0 Å². The lowest BCUT2D eigenvalue weighted by Gasteiger charge is -2.21. The van der Waals surface area contributed by atoms with Crippen molar-refractivity contribution in [2.45, 2.75) is 30.7 Å². The molecule has 0 aromatic heterocycles. The van der Waals surface area contributed by atoms with E-state index in [1.165, 1.54) is 4.90 Å². The zero-order valence-electron chi connectivity index (χ0n) is 10.6. The summed E-state index contributed by atoms with van der Waals surface area (Å²) in [5.74, 6) is 1.08. The molecule has 1 fully saturated rings. The van der Waals surface area contributed by atoms with Gasteiger partial charge < -0.3 is 10.0 Å². The van der Waals surface area contributed by atoms with Gasteiger partial charge in [-0.1, -0.05) is 6.92 Å². The first kappa shape index (κ1) is 13.4. The molecule has 0 saturated heterocycles. The highest BCUT2D eigenvalue weighted by molar-refractivity contribution is 7.99. The lowest BCUT2D eigenvalue weighted by molar-refractivity contribution is 0.0707. The summed E-state index contributed by atoms with van der Waals surface area (Å²) in [4.78, 5) is 15.3. The first-order valence-electron chi connectivity index (χ1n) is 6.41. The molecular weight excluding hydrogens is 246 g/mol. The fourth-order valence-corrected chi connectivity index (χ4v) is 2.63. The van der Waals surface area contributed by atoms with Gasteiger partial charge in [-0.05, 0) is 42.9 Å². The number of aliphatic hydroxyl groups excluding tert-OH is 1. The predicted octanol–water partition coefficient (Wildman–Crippen LogP) is 2.40. The van der Waals surface area contributed by atoms with Gasteiger partial charge in [0.25, 0.3) is 5.91 Å². The molecule has 0 bridgehead atoms. The number of aliphatic hydroxyl groups is 1. The molecule has 3 nitrogen and oxygen atoms in total. The molecule has 1 aromatic rings. The first-order chi connectivity index (χ1) is 8.76. The number of hydrogen-bond acceptors (Lipinski definition) is 3. The zero-order chi connectivity index (χ0) is 13.0. The van der Waals surface area contributed by atoms with Crippen molar-refractivity contribution in [3.05, 3.63) is 29.8 Å². The van der Waals surface area contributed by atoms with Gasteiger partial charge in [0.2, 0.25) is 0 Å². The fourth-order valence-electron chi connectivity index (χ4n) is 1.97. The second-order valence-corrected chi connectivity index (χ2v) is 5.75. The van der Waals surface area contributed by atoms with Gasteiger partial charge in [-0.2, -0.15) is 0 Å². The van der Waals surface area contributed by atoms with Crippen molar-refractivity contribution in [3.8, 4) is 0 Å². The van der Waals surface area contributed by atoms with E-state index in [0.29, 0.717) is 12.6 Å². The van der Waals surface area contributed by atoms with Crippen LogP contribution in [0.3, 0.4) is 0 Å². The van der Waals surface area contributed by atoms with Gasteiger partial charge in [-0.3, -0.25) is 4.79 Å². The number of rotatable bonds is 6. The van der Waals surface area contributed by atoms with Crippen molar-refractivity contribution in [2.75, 3.05) is 18.9 Å². The summed E-state index contributed by atoms with van der Waals surface area (Å²) in [5, 5.41) is 9.03. The Morgan fingerprint density at radius 2 is 2.06 bits per heavy atom. The highest BCUT2D eigenvalue weighted by Gasteiger charge is 2.32. The van der Waals surface area contributed by atoms with Gasteiger partial charge in [-0.15, -0.1) is 11.8 Å². The summed E-state index contributed by atoms with van der Waals surface area (Å²) < 4.78 is 0. The van der Waals surface area contributed by atoms with E-state index in [2.05, 4.69) is 6.92 Å². The molecule has 0 heterocycles. The van der Waals surface area contributed by atoms with Crippen molar-refractivity contribution in [1.29, 1.82) is 0 Å². The number of carbonyl (C=O) groups is 1. The molecule has 2 rings (SSSR count). The molecule has 0 radical (unpaired) electrons. The molecule has 1 saturated carbocycles. The number of nitrogens with zero attached hydrogens (tertiary/aromatic N) is 1. The number of carbonyl (C=O) groups excluding carboxylic acids is 1. The second-order valence-electron chi connectivity index (χ2n) is 4.41. The van der Waals surface area contributed by atoms with Crippen LogP contribution in [0, 0.1) is 0 Å². The van der Waals surface area contributed by atoms with Crippen LogP contribution >= 0.6 is 11.8 Å². The van der Waals surface area contributed by atoms with E-state index in [1.54, 1.807) is 16.7 Å². The smallest absolute Gasteiger partial charge is 0.254 e. The van der Waals surface area contributed by atoms with E-state index in [9.17, 15) is 4.79 Å². The maximum Gasteiger partial charge on any atom is 0.254 e. The lowest BCUT2D eigenvalue weighted by atomic mass is 10.2. The van der Waals surface area contributed by atoms with Crippen molar-refractivity contribution in [3.63, 3.8) is 0 Å². The van der Waals surface area contributed by atoms with E-state index in [0.717, 1.165) is 24.2 Å². The minimum absolute atomic E-state index is 0.0337. The van der Waals surface area contributed by atoms with Crippen molar-refractivity contribution < 1.29 is 9.90 Å². The summed E-state index contributed by atoms with van der Waals surface area (Å²) in [6.45, 7) is 2.58. The molecule has 0 unspecified atom stereocenters. The van der Waals surface area contributed by atoms with Crippen LogP contribution in [0.4, 0.5) is 0 Å². The lowest BCUT2D eigenvalue weighted by Crippen LogP contribution is -2.35. The Kier molecular flexibility index (Phi) is 4.66. The number of benzene rings is 1. The fraction of sp³-hybridized carbons (Fsp3) is 0.500. The Hall–Kier alpha value is -1.00. The van der Waals surface area contributed by atoms with Gasteiger partial charge in [0.1, 0.15) is 0 Å². The average Bonchev–Trinajstić information content (AvgIpc) is 3.21. The quantitative estimate of drug-likeness (QED) is 0.803. The summed E-state index contributed by atoms with van der Waals surface area (Å²) in [7, 11) is 0. The molecule has 1 N–H and O–H groups in total. The molecule has 1 aromatic carbocycles. The summed E-state index contributed by atoms with van der Waals surface area (Å²) in [6.07, 6.45) is 2.13. The Labute approximate surface area is 112 Å². The number of hydrogen-bond donors (Lipinski definition) is 1. The minimum atomic E-state index is 0.0337. The SMILES string of the molecule is CCSc1ccc(C(=O)N(CCO)C2CC2)cc1. The van der Waals surface area contributed by atoms with Crippen LogP contribution in [0.25, 0.3) is 0 Å². The normalized spacial score (nSPS) is 14.6. The van der Waals surface area contributed by atoms with E-state index in [4.69, 9.17) is 5.11 Å². The summed E-state index contributed by atoms with van der Waals surface area (Å²) in [5.41, 5.74) is 0.718. The molecular formula is C14H19NO2S. The van der Waals surface area contributed by atoms with Gasteiger partial charge in [0.15, 0.2) is 0 Å². The maximum absolute atomic E-state index is 12.3. The topological polar surface area (TPSA) is 40.5 Å². The van der Waals surface area contributed by atoms with E-state index >= 15 is 0 Å². The molecule has 1 aliphatic carbocycles. The Balaban J connectivity index is 2.06. The summed E-state index contributed by atoms with van der Waals surface area (Å²) >= 11 is 1.77. The summed E-state index contributed by atoms with van der Waals surface area (Å²) in [6, 6.07) is 8.09. The van der Waals surface area contributed by atoms with E-state index in [1.807, 2.05) is 24.3 Å². The van der Waals surface area contributed by atoms with Gasteiger partial charge in [0, 0.05) is 23.0 Å². The molecule has 0 spiro atoms. The number of amides is 1. The number of thioether (sulfide) groups is 1. The van der Waals surface area contributed by atoms with Crippen LogP contribution < -0.4 is 0 Å². The third kappa shape index (κ3) is 3.27. The van der Waals surface area contributed by atoms with Crippen LogP contribution in [-0.4, -0.2) is 40.9 Å². The molecule has 1 amide bonds. The standard InChI is InChI=1S/C14H19NO2S/c1-2-18-13-7-3-11(4-8-13)14(17)15(9-10-16)12-5-6-12/h3-4,7-8,12,16H,2,5-6,9-10H2,1H3. The molecule has 0 atom stereocenters. The Bertz CT molecular complexity index is 401. The molecule has 1 aliphatic rings.